The summed E-state index contributed by atoms with van der Waals surface area (Å²) < 4.78 is 18.2. The summed E-state index contributed by atoms with van der Waals surface area (Å²) in [5.74, 6) is 0.315. The van der Waals surface area contributed by atoms with Crippen molar-refractivity contribution in [3.63, 3.8) is 0 Å². The third-order valence-corrected chi connectivity index (χ3v) is 4.99. The first-order valence-electron chi connectivity index (χ1n) is 9.68. The van der Waals surface area contributed by atoms with Gasteiger partial charge in [0.15, 0.2) is 0 Å². The average molecular weight is 396 g/mol. The number of carbonyl (C=O) groups excluding carboxylic acids is 1. The number of aryl methyl sites for hydroxylation is 2. The van der Waals surface area contributed by atoms with E-state index < -0.39 is 0 Å². The lowest BCUT2D eigenvalue weighted by Crippen LogP contribution is -2.27. The van der Waals surface area contributed by atoms with E-state index in [-0.39, 0.29) is 17.3 Å². The van der Waals surface area contributed by atoms with Gasteiger partial charge in [0.1, 0.15) is 11.6 Å². The molecule has 1 aromatic heterocycles. The van der Waals surface area contributed by atoms with E-state index in [9.17, 15) is 14.0 Å². The lowest BCUT2D eigenvalue weighted by molar-refractivity contribution is -0.121. The Bertz CT molecular complexity index is 1060. The molecule has 1 amide bonds. The van der Waals surface area contributed by atoms with Crippen LogP contribution in [0.1, 0.15) is 29.5 Å². The number of methoxy groups -OCH3 is 1. The lowest BCUT2D eigenvalue weighted by atomic mass is 10.1. The third kappa shape index (κ3) is 5.22. The minimum atomic E-state index is -0.260. The first kappa shape index (κ1) is 20.6. The maximum atomic E-state index is 12.9. The van der Waals surface area contributed by atoms with Gasteiger partial charge in [0.25, 0.3) is 5.56 Å². The van der Waals surface area contributed by atoms with Crippen molar-refractivity contribution in [3.05, 3.63) is 75.3 Å². The van der Waals surface area contributed by atoms with E-state index in [1.165, 1.54) is 12.1 Å². The molecule has 3 aromatic rings. The van der Waals surface area contributed by atoms with E-state index in [2.05, 4.69) is 10.3 Å². The van der Waals surface area contributed by atoms with Crippen molar-refractivity contribution in [1.82, 2.24) is 10.3 Å². The van der Waals surface area contributed by atoms with Gasteiger partial charge in [-0.15, -0.1) is 0 Å². The van der Waals surface area contributed by atoms with Gasteiger partial charge in [-0.25, -0.2) is 4.39 Å². The van der Waals surface area contributed by atoms with Crippen LogP contribution in [0.2, 0.25) is 0 Å². The molecule has 5 nitrogen and oxygen atoms in total. The molecule has 0 radical (unpaired) electrons. The molecule has 152 valence electrons. The Morgan fingerprint density at radius 2 is 1.90 bits per heavy atom. The summed E-state index contributed by atoms with van der Waals surface area (Å²) in [5.41, 5.74) is 3.19. The summed E-state index contributed by atoms with van der Waals surface area (Å²) in [7, 11) is 1.57. The minimum absolute atomic E-state index is 0.0535. The van der Waals surface area contributed by atoms with Gasteiger partial charge in [0.2, 0.25) is 5.91 Å². The molecular weight excluding hydrogens is 371 g/mol. The van der Waals surface area contributed by atoms with Crippen LogP contribution >= 0.6 is 0 Å². The highest BCUT2D eigenvalue weighted by atomic mass is 19.1. The average Bonchev–Trinajstić information content (AvgIpc) is 2.70. The number of hydrogen-bond donors (Lipinski definition) is 2. The van der Waals surface area contributed by atoms with Crippen LogP contribution in [0.3, 0.4) is 0 Å². The maximum absolute atomic E-state index is 12.9. The van der Waals surface area contributed by atoms with Gasteiger partial charge in [-0.05, 0) is 61.6 Å². The fraction of sp³-hybridized carbons (Fsp3) is 0.304. The quantitative estimate of drug-likeness (QED) is 0.610. The van der Waals surface area contributed by atoms with E-state index in [0.29, 0.717) is 42.6 Å². The van der Waals surface area contributed by atoms with Crippen molar-refractivity contribution >= 4 is 16.8 Å². The van der Waals surface area contributed by atoms with E-state index in [4.69, 9.17) is 4.74 Å². The second kappa shape index (κ2) is 9.37. The molecule has 0 aliphatic carbocycles. The molecule has 0 unspecified atom stereocenters. The van der Waals surface area contributed by atoms with Crippen LogP contribution in [0.15, 0.2) is 47.3 Å². The highest BCUT2D eigenvalue weighted by Crippen LogP contribution is 2.25. The van der Waals surface area contributed by atoms with Crippen molar-refractivity contribution in [2.75, 3.05) is 13.7 Å². The van der Waals surface area contributed by atoms with E-state index in [1.54, 1.807) is 19.2 Å². The summed E-state index contributed by atoms with van der Waals surface area (Å²) in [6.07, 6.45) is 2.25. The Morgan fingerprint density at radius 3 is 2.62 bits per heavy atom. The van der Waals surface area contributed by atoms with E-state index in [1.807, 2.05) is 25.1 Å². The molecule has 0 saturated heterocycles. The number of amides is 1. The number of aromatic nitrogens is 1. The normalized spacial score (nSPS) is 10.9. The minimum Gasteiger partial charge on any atom is -0.495 e. The molecule has 2 N–H and O–H groups in total. The van der Waals surface area contributed by atoms with Crippen LogP contribution in [0.25, 0.3) is 10.9 Å². The smallest absolute Gasteiger partial charge is 0.251 e. The fourth-order valence-corrected chi connectivity index (χ4v) is 3.34. The van der Waals surface area contributed by atoms with Crippen molar-refractivity contribution in [2.45, 2.75) is 32.6 Å². The molecule has 0 spiro atoms. The summed E-state index contributed by atoms with van der Waals surface area (Å²) in [5, 5.41) is 3.80. The van der Waals surface area contributed by atoms with Crippen LogP contribution < -0.4 is 15.6 Å². The Kier molecular flexibility index (Phi) is 6.65. The SMILES string of the molecule is COc1ccc(C)c2cc(CCNC(=O)CCCc3ccc(F)cc3)c(=O)[nH]c12. The van der Waals surface area contributed by atoms with Crippen LogP contribution in [-0.4, -0.2) is 24.5 Å². The van der Waals surface area contributed by atoms with Crippen LogP contribution in [0.4, 0.5) is 4.39 Å². The third-order valence-electron chi connectivity index (χ3n) is 4.99. The van der Waals surface area contributed by atoms with Gasteiger partial charge < -0.3 is 15.0 Å². The molecule has 1 heterocycles. The van der Waals surface area contributed by atoms with Gasteiger partial charge in [-0.1, -0.05) is 18.2 Å². The number of fused-ring (bicyclic) bond motifs is 1. The van der Waals surface area contributed by atoms with E-state index in [0.717, 1.165) is 22.9 Å². The highest BCUT2D eigenvalue weighted by molar-refractivity contribution is 5.87. The first-order valence-corrected chi connectivity index (χ1v) is 9.68. The number of aromatic amines is 1. The number of rotatable bonds is 8. The summed E-state index contributed by atoms with van der Waals surface area (Å²) >= 11 is 0. The number of ether oxygens (including phenoxy) is 1. The zero-order valence-corrected chi connectivity index (χ0v) is 16.7. The number of benzene rings is 2. The van der Waals surface area contributed by atoms with Gasteiger partial charge in [-0.3, -0.25) is 9.59 Å². The number of carbonyl (C=O) groups is 1. The summed E-state index contributed by atoms with van der Waals surface area (Å²) in [6.45, 7) is 2.37. The number of hydrogen-bond acceptors (Lipinski definition) is 3. The van der Waals surface area contributed by atoms with Crippen LogP contribution in [-0.2, 0) is 17.6 Å². The molecule has 2 aromatic carbocycles. The molecular formula is C23H25FN2O3. The predicted octanol–water partition coefficient (Wildman–Crippen LogP) is 3.67. The molecule has 0 fully saturated rings. The van der Waals surface area contributed by atoms with Crippen molar-refractivity contribution in [1.29, 1.82) is 0 Å². The second-order valence-electron chi connectivity index (χ2n) is 7.08. The Morgan fingerprint density at radius 1 is 1.14 bits per heavy atom. The Labute approximate surface area is 168 Å². The van der Waals surface area contributed by atoms with Crippen molar-refractivity contribution in [2.24, 2.45) is 0 Å². The number of H-pyrrole nitrogens is 1. The molecule has 0 aliphatic heterocycles. The van der Waals surface area contributed by atoms with Gasteiger partial charge >= 0.3 is 0 Å². The number of nitrogens with one attached hydrogen (secondary N) is 2. The van der Waals surface area contributed by atoms with Crippen molar-refractivity contribution in [3.8, 4) is 5.75 Å². The number of pyridine rings is 1. The standard InChI is InChI=1S/C23H25FN2O3/c1-15-6-11-20(29-2)22-19(15)14-17(23(28)26-22)12-13-25-21(27)5-3-4-16-7-9-18(24)10-8-16/h6-11,14H,3-5,12-13H2,1-2H3,(H,25,27)(H,26,28). The van der Waals surface area contributed by atoms with Gasteiger partial charge in [0.05, 0.1) is 12.6 Å². The Balaban J connectivity index is 1.53. The largest absolute Gasteiger partial charge is 0.495 e. The second-order valence-corrected chi connectivity index (χ2v) is 7.08. The monoisotopic (exact) mass is 396 g/mol. The molecule has 0 atom stereocenters. The summed E-state index contributed by atoms with van der Waals surface area (Å²) in [4.78, 5) is 27.3. The Hall–Kier alpha value is -3.15. The fourth-order valence-electron chi connectivity index (χ4n) is 3.34. The van der Waals surface area contributed by atoms with Crippen molar-refractivity contribution < 1.29 is 13.9 Å². The van der Waals surface area contributed by atoms with Gasteiger partial charge in [-0.2, -0.15) is 0 Å². The lowest BCUT2D eigenvalue weighted by Gasteiger charge is -2.10. The molecule has 3 rings (SSSR count). The molecule has 0 bridgehead atoms. The predicted molar refractivity (Wildman–Crippen MR) is 112 cm³/mol. The maximum Gasteiger partial charge on any atom is 0.251 e. The summed E-state index contributed by atoms with van der Waals surface area (Å²) in [6, 6.07) is 12.0. The van der Waals surface area contributed by atoms with E-state index >= 15 is 0 Å². The molecule has 0 saturated carbocycles. The zero-order valence-electron chi connectivity index (χ0n) is 16.7. The first-order chi connectivity index (χ1) is 14.0. The highest BCUT2D eigenvalue weighted by Gasteiger charge is 2.10. The topological polar surface area (TPSA) is 71.2 Å². The van der Waals surface area contributed by atoms with Crippen LogP contribution in [0.5, 0.6) is 5.75 Å². The molecule has 29 heavy (non-hydrogen) atoms. The zero-order chi connectivity index (χ0) is 20.8. The molecule has 0 aliphatic rings. The van der Waals surface area contributed by atoms with Crippen LogP contribution in [0, 0.1) is 12.7 Å². The molecule has 6 heteroatoms. The van der Waals surface area contributed by atoms with Gasteiger partial charge in [0, 0.05) is 23.9 Å². The number of halogens is 1.